The highest BCUT2D eigenvalue weighted by Crippen LogP contribution is 2.61. The van der Waals surface area contributed by atoms with E-state index in [0.29, 0.717) is 12.0 Å². The fourth-order valence-electron chi connectivity index (χ4n) is 5.04. The number of rotatable bonds is 7. The average molecular weight is 503 g/mol. The standard InChI is InChI=1S/C23H26N4O7S/c28-22-17-6-5-8-19(27(30)31)21(17)35(32,33)25(22)13-4-3-12-24-14-10-16(11-15-24)26-18-7-1-2-9-20(18)34-23(26)29/h1-2,5-9,16,32-33H,3-4,10-15H2. The molecule has 0 bridgehead atoms. The third kappa shape index (κ3) is 4.12. The van der Waals surface area contributed by atoms with E-state index in [2.05, 4.69) is 4.90 Å². The lowest BCUT2D eigenvalue weighted by molar-refractivity contribution is -0.387. The highest BCUT2D eigenvalue weighted by atomic mass is 32.3. The van der Waals surface area contributed by atoms with E-state index in [0.717, 1.165) is 48.7 Å². The van der Waals surface area contributed by atoms with Gasteiger partial charge in [0.25, 0.3) is 11.6 Å². The summed E-state index contributed by atoms with van der Waals surface area (Å²) in [5.74, 6) is -0.928. The normalized spacial score (nSPS) is 19.3. The van der Waals surface area contributed by atoms with Crippen LogP contribution in [0.15, 0.2) is 56.6 Å². The van der Waals surface area contributed by atoms with E-state index >= 15 is 0 Å². The van der Waals surface area contributed by atoms with Gasteiger partial charge in [0.05, 0.1) is 16.0 Å². The Hall–Kier alpha value is -3.19. The topological polar surface area (TPSA) is 142 Å². The van der Waals surface area contributed by atoms with E-state index in [1.807, 2.05) is 18.2 Å². The summed E-state index contributed by atoms with van der Waals surface area (Å²) in [6.07, 6.45) is 2.87. The Morgan fingerprint density at radius 2 is 1.74 bits per heavy atom. The molecule has 12 heteroatoms. The van der Waals surface area contributed by atoms with Crippen molar-refractivity contribution in [3.8, 4) is 0 Å². The Kier molecular flexibility index (Phi) is 6.13. The average Bonchev–Trinajstić information content (AvgIpc) is 3.28. The molecule has 2 N–H and O–H groups in total. The molecule has 2 aliphatic rings. The minimum atomic E-state index is -3.74. The molecular weight excluding hydrogens is 476 g/mol. The van der Waals surface area contributed by atoms with Gasteiger partial charge in [0.1, 0.15) is 0 Å². The van der Waals surface area contributed by atoms with Crippen LogP contribution in [0.3, 0.4) is 0 Å². The van der Waals surface area contributed by atoms with Gasteiger partial charge in [-0.05, 0) is 50.4 Å². The van der Waals surface area contributed by atoms with Gasteiger partial charge in [-0.1, -0.05) is 29.0 Å². The smallest absolute Gasteiger partial charge is 0.408 e. The minimum absolute atomic E-state index is 0.0247. The summed E-state index contributed by atoms with van der Waals surface area (Å²) in [5.41, 5.74) is 0.926. The number of nitrogens with zero attached hydrogens (tertiary/aromatic N) is 4. The number of benzene rings is 2. The number of carbonyl (C=O) groups is 1. The van der Waals surface area contributed by atoms with Crippen molar-refractivity contribution in [1.29, 1.82) is 0 Å². The molecule has 3 heterocycles. The van der Waals surface area contributed by atoms with Gasteiger partial charge < -0.3 is 9.32 Å². The SMILES string of the molecule is O=C1c2cccc([N+](=O)[O-])c2S(O)(O)N1CCCCN1CCC(n2c(=O)oc3ccccc32)CC1. The van der Waals surface area contributed by atoms with Gasteiger partial charge in [-0.3, -0.25) is 28.6 Å². The quantitative estimate of drug-likeness (QED) is 0.279. The summed E-state index contributed by atoms with van der Waals surface area (Å²) in [5, 5.41) is 11.3. The molecule has 3 aromatic rings. The van der Waals surface area contributed by atoms with E-state index in [9.17, 15) is 28.8 Å². The molecule has 2 aromatic carbocycles. The molecule has 0 radical (unpaired) electrons. The van der Waals surface area contributed by atoms with E-state index in [1.54, 1.807) is 10.6 Å². The van der Waals surface area contributed by atoms with Gasteiger partial charge in [-0.15, -0.1) is 0 Å². The van der Waals surface area contributed by atoms with Crippen molar-refractivity contribution >= 4 is 33.5 Å². The lowest BCUT2D eigenvalue weighted by atomic mass is 10.0. The summed E-state index contributed by atoms with van der Waals surface area (Å²) in [6.45, 7) is 2.49. The number of oxazole rings is 1. The Morgan fingerprint density at radius 1 is 1.03 bits per heavy atom. The van der Waals surface area contributed by atoms with Crippen molar-refractivity contribution in [3.05, 3.63) is 68.7 Å². The molecular formula is C23H26N4O7S. The summed E-state index contributed by atoms with van der Waals surface area (Å²) < 4.78 is 29.4. The second-order valence-electron chi connectivity index (χ2n) is 8.82. The maximum Gasteiger partial charge on any atom is 0.420 e. The predicted molar refractivity (Wildman–Crippen MR) is 130 cm³/mol. The number of hydrogen-bond donors (Lipinski definition) is 2. The number of hydrogen-bond acceptors (Lipinski definition) is 8. The van der Waals surface area contributed by atoms with Crippen molar-refractivity contribution in [2.45, 2.75) is 36.6 Å². The molecule has 1 aromatic heterocycles. The van der Waals surface area contributed by atoms with Crippen molar-refractivity contribution < 1.29 is 23.2 Å². The van der Waals surface area contributed by atoms with E-state index in [1.165, 1.54) is 18.2 Å². The van der Waals surface area contributed by atoms with Gasteiger partial charge in [-0.25, -0.2) is 9.10 Å². The van der Waals surface area contributed by atoms with Crippen LogP contribution in [0.25, 0.3) is 11.1 Å². The molecule has 1 saturated heterocycles. The van der Waals surface area contributed by atoms with Crippen LogP contribution in [0, 0.1) is 10.1 Å². The van der Waals surface area contributed by atoms with Crippen molar-refractivity contribution in [2.75, 3.05) is 26.2 Å². The molecule has 0 atom stereocenters. The molecule has 5 rings (SSSR count). The Morgan fingerprint density at radius 3 is 2.49 bits per heavy atom. The van der Waals surface area contributed by atoms with Crippen LogP contribution in [-0.4, -0.2) is 59.9 Å². The van der Waals surface area contributed by atoms with Gasteiger partial charge in [0.2, 0.25) is 0 Å². The second kappa shape index (κ2) is 9.11. The second-order valence-corrected chi connectivity index (χ2v) is 10.7. The van der Waals surface area contributed by atoms with Gasteiger partial charge in [-0.2, -0.15) is 0 Å². The predicted octanol–water partition coefficient (Wildman–Crippen LogP) is 4.10. The molecule has 0 spiro atoms. The highest BCUT2D eigenvalue weighted by molar-refractivity contribution is 8.23. The lowest BCUT2D eigenvalue weighted by Crippen LogP contribution is -2.37. The summed E-state index contributed by atoms with van der Waals surface area (Å²) in [4.78, 5) is 37.7. The van der Waals surface area contributed by atoms with Crippen LogP contribution in [-0.2, 0) is 0 Å². The number of unbranched alkanes of at least 4 members (excludes halogenated alkanes) is 1. The van der Waals surface area contributed by atoms with Crippen LogP contribution in [0.2, 0.25) is 0 Å². The maximum atomic E-state index is 12.7. The lowest BCUT2D eigenvalue weighted by Gasteiger charge is -2.36. The van der Waals surface area contributed by atoms with Crippen molar-refractivity contribution in [1.82, 2.24) is 13.8 Å². The number of amides is 1. The zero-order valence-electron chi connectivity index (χ0n) is 18.9. The first kappa shape index (κ1) is 23.5. The molecule has 1 fully saturated rings. The molecule has 0 saturated carbocycles. The highest BCUT2D eigenvalue weighted by Gasteiger charge is 2.46. The molecule has 11 nitrogen and oxygen atoms in total. The van der Waals surface area contributed by atoms with Gasteiger partial charge in [0.15, 0.2) is 10.5 Å². The third-order valence-electron chi connectivity index (χ3n) is 6.76. The molecule has 186 valence electrons. The molecule has 1 amide bonds. The number of carbonyl (C=O) groups excluding carboxylic acids is 1. The van der Waals surface area contributed by atoms with E-state index < -0.39 is 27.3 Å². The monoisotopic (exact) mass is 502 g/mol. The van der Waals surface area contributed by atoms with Crippen LogP contribution < -0.4 is 5.76 Å². The largest absolute Gasteiger partial charge is 0.420 e. The van der Waals surface area contributed by atoms with Crippen LogP contribution in [0.5, 0.6) is 0 Å². The number of piperidine rings is 1. The molecule has 0 aliphatic carbocycles. The number of likely N-dealkylation sites (tertiary alicyclic amines) is 1. The van der Waals surface area contributed by atoms with Crippen LogP contribution >= 0.6 is 10.8 Å². The first-order valence-corrected chi connectivity index (χ1v) is 13.0. The number of nitro groups is 1. The number of fused-ring (bicyclic) bond motifs is 2. The minimum Gasteiger partial charge on any atom is -0.408 e. The fourth-order valence-corrected chi connectivity index (χ4v) is 6.84. The summed E-state index contributed by atoms with van der Waals surface area (Å²) in [6, 6.07) is 11.4. The summed E-state index contributed by atoms with van der Waals surface area (Å²) >= 11 is 0. The van der Waals surface area contributed by atoms with Crippen LogP contribution in [0.4, 0.5) is 5.69 Å². The maximum absolute atomic E-state index is 12.7. The number of nitro benzene ring substituents is 1. The number of para-hydroxylation sites is 2. The Bertz CT molecular complexity index is 1340. The van der Waals surface area contributed by atoms with Crippen LogP contribution in [0.1, 0.15) is 42.1 Å². The van der Waals surface area contributed by atoms with Crippen molar-refractivity contribution in [2.24, 2.45) is 0 Å². The zero-order chi connectivity index (χ0) is 24.7. The van der Waals surface area contributed by atoms with Crippen molar-refractivity contribution in [3.63, 3.8) is 0 Å². The summed E-state index contributed by atoms with van der Waals surface area (Å²) in [7, 11) is -3.74. The number of aromatic nitrogens is 1. The Balaban J connectivity index is 1.15. The Labute approximate surface area is 202 Å². The molecule has 2 aliphatic heterocycles. The molecule has 0 unspecified atom stereocenters. The third-order valence-corrected chi connectivity index (χ3v) is 8.70. The zero-order valence-corrected chi connectivity index (χ0v) is 19.7. The fraction of sp³-hybridized carbons (Fsp3) is 0.391. The van der Waals surface area contributed by atoms with E-state index in [-0.39, 0.29) is 28.8 Å². The van der Waals surface area contributed by atoms with Gasteiger partial charge in [0, 0.05) is 31.7 Å². The van der Waals surface area contributed by atoms with E-state index in [4.69, 9.17) is 4.42 Å². The van der Waals surface area contributed by atoms with Gasteiger partial charge >= 0.3 is 5.76 Å². The first-order valence-electron chi connectivity index (χ1n) is 11.5. The molecule has 35 heavy (non-hydrogen) atoms. The first-order chi connectivity index (χ1) is 16.8.